The van der Waals surface area contributed by atoms with Gasteiger partial charge >= 0.3 is 0 Å². The molecular formula is C17H28N4O. The van der Waals surface area contributed by atoms with E-state index in [1.807, 2.05) is 32.2 Å². The zero-order valence-corrected chi connectivity index (χ0v) is 13.9. The van der Waals surface area contributed by atoms with Crippen molar-refractivity contribution in [3.8, 4) is 0 Å². The first kappa shape index (κ1) is 16.7. The molecule has 1 aromatic rings. The lowest BCUT2D eigenvalue weighted by atomic mass is 9.99. The van der Waals surface area contributed by atoms with Crippen molar-refractivity contribution in [2.45, 2.75) is 46.2 Å². The van der Waals surface area contributed by atoms with Gasteiger partial charge in [-0.2, -0.15) is 0 Å². The molecule has 1 aromatic heterocycles. The van der Waals surface area contributed by atoms with Crippen LogP contribution < -0.4 is 16.0 Å². The van der Waals surface area contributed by atoms with Crippen LogP contribution in [-0.2, 0) is 11.3 Å². The molecule has 1 amide bonds. The summed E-state index contributed by atoms with van der Waals surface area (Å²) in [5.41, 5.74) is 6.75. The fourth-order valence-corrected chi connectivity index (χ4v) is 2.53. The molecule has 0 spiro atoms. The molecule has 1 aliphatic heterocycles. The molecule has 2 atom stereocenters. The van der Waals surface area contributed by atoms with Crippen LogP contribution in [0.25, 0.3) is 0 Å². The number of nitrogens with zero attached hydrogens (tertiary/aromatic N) is 2. The average molecular weight is 304 g/mol. The van der Waals surface area contributed by atoms with Crippen LogP contribution in [0.15, 0.2) is 18.3 Å². The van der Waals surface area contributed by atoms with Gasteiger partial charge in [0, 0.05) is 37.8 Å². The van der Waals surface area contributed by atoms with E-state index in [4.69, 9.17) is 5.73 Å². The Kier molecular flexibility index (Phi) is 5.77. The monoisotopic (exact) mass is 304 g/mol. The maximum absolute atomic E-state index is 11.9. The van der Waals surface area contributed by atoms with Gasteiger partial charge in [0.05, 0.1) is 0 Å². The van der Waals surface area contributed by atoms with Gasteiger partial charge in [-0.25, -0.2) is 4.98 Å². The van der Waals surface area contributed by atoms with Crippen molar-refractivity contribution >= 4 is 11.7 Å². The largest absolute Gasteiger partial charge is 0.357 e. The Morgan fingerprint density at radius 2 is 2.09 bits per heavy atom. The van der Waals surface area contributed by atoms with Gasteiger partial charge in [0.1, 0.15) is 5.82 Å². The number of nitrogens with two attached hydrogens (primary N) is 1. The van der Waals surface area contributed by atoms with Gasteiger partial charge in [-0.3, -0.25) is 4.79 Å². The molecule has 3 N–H and O–H groups in total. The number of nitrogens with one attached hydrogen (secondary N) is 1. The average Bonchev–Trinajstić information content (AvgIpc) is 2.53. The maximum Gasteiger partial charge on any atom is 0.224 e. The predicted octanol–water partition coefficient (Wildman–Crippen LogP) is 1.92. The van der Waals surface area contributed by atoms with Crippen LogP contribution in [0.2, 0.25) is 0 Å². The lowest BCUT2D eigenvalue weighted by Crippen LogP contribution is -2.38. The number of carbonyl (C=O) groups is 1. The van der Waals surface area contributed by atoms with Crippen molar-refractivity contribution < 1.29 is 4.79 Å². The number of hydrogen-bond acceptors (Lipinski definition) is 4. The standard InChI is InChI=1S/C17H28N4O/c1-12-6-8-21(9-7-12)16-5-4-15(10-19-16)11-20-17(22)13(2)14(3)18/h4-5,10,12-14H,6-9,11,18H2,1-3H3,(H,20,22). The van der Waals surface area contributed by atoms with Crippen LogP contribution in [0.3, 0.4) is 0 Å². The molecule has 1 saturated heterocycles. The van der Waals surface area contributed by atoms with E-state index in [-0.39, 0.29) is 17.9 Å². The number of rotatable bonds is 5. The number of aromatic nitrogens is 1. The first-order valence-electron chi connectivity index (χ1n) is 8.20. The van der Waals surface area contributed by atoms with Crippen LogP contribution in [0.1, 0.15) is 39.2 Å². The van der Waals surface area contributed by atoms with Gasteiger partial charge < -0.3 is 16.0 Å². The summed E-state index contributed by atoms with van der Waals surface area (Å²) in [5, 5.41) is 2.91. The Morgan fingerprint density at radius 1 is 1.41 bits per heavy atom. The second kappa shape index (κ2) is 7.58. The van der Waals surface area contributed by atoms with Crippen LogP contribution in [0.5, 0.6) is 0 Å². The molecule has 5 heteroatoms. The number of pyridine rings is 1. The smallest absolute Gasteiger partial charge is 0.224 e. The van der Waals surface area contributed by atoms with Crippen molar-refractivity contribution in [1.82, 2.24) is 10.3 Å². The summed E-state index contributed by atoms with van der Waals surface area (Å²) >= 11 is 0. The Balaban J connectivity index is 1.85. The third-order valence-corrected chi connectivity index (χ3v) is 4.59. The van der Waals surface area contributed by atoms with Crippen LogP contribution in [-0.4, -0.2) is 30.0 Å². The van der Waals surface area contributed by atoms with E-state index >= 15 is 0 Å². The van der Waals surface area contributed by atoms with Crippen molar-refractivity contribution in [2.24, 2.45) is 17.6 Å². The SMILES string of the molecule is CC1CCN(c2ccc(CNC(=O)C(C)C(C)N)cn2)CC1. The van der Waals surface area contributed by atoms with Crippen molar-refractivity contribution in [3.05, 3.63) is 23.9 Å². The minimum atomic E-state index is -0.178. The number of piperidine rings is 1. The topological polar surface area (TPSA) is 71.2 Å². The van der Waals surface area contributed by atoms with Crippen molar-refractivity contribution in [2.75, 3.05) is 18.0 Å². The normalized spacial score (nSPS) is 18.8. The predicted molar refractivity (Wildman–Crippen MR) is 89.5 cm³/mol. The Morgan fingerprint density at radius 3 is 2.64 bits per heavy atom. The third kappa shape index (κ3) is 4.44. The van der Waals surface area contributed by atoms with E-state index < -0.39 is 0 Å². The molecule has 22 heavy (non-hydrogen) atoms. The number of anilines is 1. The summed E-state index contributed by atoms with van der Waals surface area (Å²) in [7, 11) is 0. The van der Waals surface area contributed by atoms with Crippen LogP contribution >= 0.6 is 0 Å². The molecule has 2 rings (SSSR count). The highest BCUT2D eigenvalue weighted by atomic mass is 16.1. The van der Waals surface area contributed by atoms with E-state index in [9.17, 15) is 4.79 Å². The summed E-state index contributed by atoms with van der Waals surface area (Å²) in [4.78, 5) is 18.8. The molecular weight excluding hydrogens is 276 g/mol. The van der Waals surface area contributed by atoms with E-state index in [1.165, 1.54) is 12.8 Å². The molecule has 1 fully saturated rings. The Hall–Kier alpha value is -1.62. The molecule has 5 nitrogen and oxygen atoms in total. The quantitative estimate of drug-likeness (QED) is 0.872. The molecule has 1 aliphatic rings. The minimum Gasteiger partial charge on any atom is -0.357 e. The zero-order valence-electron chi connectivity index (χ0n) is 13.9. The molecule has 0 aromatic carbocycles. The van der Waals surface area contributed by atoms with Crippen LogP contribution in [0, 0.1) is 11.8 Å². The second-order valence-electron chi connectivity index (χ2n) is 6.56. The van der Waals surface area contributed by atoms with Gasteiger partial charge in [0.15, 0.2) is 0 Å². The van der Waals surface area contributed by atoms with Gasteiger partial charge in [-0.05, 0) is 37.3 Å². The first-order valence-corrected chi connectivity index (χ1v) is 8.20. The van der Waals surface area contributed by atoms with Crippen molar-refractivity contribution in [3.63, 3.8) is 0 Å². The molecule has 122 valence electrons. The van der Waals surface area contributed by atoms with E-state index in [0.29, 0.717) is 6.54 Å². The van der Waals surface area contributed by atoms with Gasteiger partial charge in [-0.15, -0.1) is 0 Å². The fraction of sp³-hybridized carbons (Fsp3) is 0.647. The summed E-state index contributed by atoms with van der Waals surface area (Å²) in [5.74, 6) is 1.66. The fourth-order valence-electron chi connectivity index (χ4n) is 2.53. The van der Waals surface area contributed by atoms with E-state index in [1.54, 1.807) is 0 Å². The highest BCUT2D eigenvalue weighted by Crippen LogP contribution is 2.21. The molecule has 2 unspecified atom stereocenters. The number of hydrogen-bond donors (Lipinski definition) is 2. The third-order valence-electron chi connectivity index (χ3n) is 4.59. The highest BCUT2D eigenvalue weighted by molar-refractivity contribution is 5.78. The molecule has 0 saturated carbocycles. The lowest BCUT2D eigenvalue weighted by Gasteiger charge is -2.31. The van der Waals surface area contributed by atoms with Gasteiger partial charge in [-0.1, -0.05) is 19.9 Å². The molecule has 0 bridgehead atoms. The Bertz CT molecular complexity index is 478. The van der Waals surface area contributed by atoms with Gasteiger partial charge in [0.25, 0.3) is 0 Å². The first-order chi connectivity index (χ1) is 10.5. The maximum atomic E-state index is 11.9. The molecule has 0 radical (unpaired) electrons. The summed E-state index contributed by atoms with van der Waals surface area (Å²) in [6.07, 6.45) is 4.31. The number of carbonyl (C=O) groups excluding carboxylic acids is 1. The van der Waals surface area contributed by atoms with E-state index in [0.717, 1.165) is 30.4 Å². The minimum absolute atomic E-state index is 0.0101. The van der Waals surface area contributed by atoms with Crippen molar-refractivity contribution in [1.29, 1.82) is 0 Å². The zero-order chi connectivity index (χ0) is 16.1. The van der Waals surface area contributed by atoms with E-state index in [2.05, 4.69) is 22.1 Å². The number of amides is 1. The van der Waals surface area contributed by atoms with Crippen LogP contribution in [0.4, 0.5) is 5.82 Å². The lowest BCUT2D eigenvalue weighted by molar-refractivity contribution is -0.125. The highest BCUT2D eigenvalue weighted by Gasteiger charge is 2.18. The summed E-state index contributed by atoms with van der Waals surface area (Å²) in [6.45, 7) is 8.66. The molecule has 2 heterocycles. The second-order valence-corrected chi connectivity index (χ2v) is 6.56. The molecule has 0 aliphatic carbocycles. The Labute approximate surface area is 133 Å². The van der Waals surface area contributed by atoms with Gasteiger partial charge in [0.2, 0.25) is 5.91 Å². The summed E-state index contributed by atoms with van der Waals surface area (Å²) in [6, 6.07) is 3.95. The summed E-state index contributed by atoms with van der Waals surface area (Å²) < 4.78 is 0.